The highest BCUT2D eigenvalue weighted by Crippen LogP contribution is 2.49. The Hall–Kier alpha value is -17.3. The fraction of sp³-hybridized carbons (Fsp3) is 0.00826. The van der Waals surface area contributed by atoms with E-state index in [1.54, 1.807) is 18.2 Å². The quantitative estimate of drug-likeness (QED) is 0.150. The highest BCUT2D eigenvalue weighted by molar-refractivity contribution is 9.10. The Morgan fingerprint density at radius 2 is 0.368 bits per heavy atom. The molecule has 1 aliphatic carbocycles. The number of fused-ring (bicyclic) bond motifs is 36. The van der Waals surface area contributed by atoms with Gasteiger partial charge in [-0.05, 0) is 296 Å². The van der Waals surface area contributed by atoms with Crippen molar-refractivity contribution in [3.05, 3.63) is 380 Å². The van der Waals surface area contributed by atoms with Crippen LogP contribution in [0.3, 0.4) is 0 Å². The van der Waals surface area contributed by atoms with Crippen LogP contribution in [-0.4, -0.2) is 17.2 Å². The van der Waals surface area contributed by atoms with Crippen molar-refractivity contribution in [3.8, 4) is 66.8 Å². The van der Waals surface area contributed by atoms with E-state index in [0.717, 1.165) is 291 Å². The van der Waals surface area contributed by atoms with Crippen LogP contribution in [0.2, 0.25) is 0 Å². The molecular formula is C121H64BBrO13. The first-order valence-corrected chi connectivity index (χ1v) is 46.0. The molecule has 2 N–H and O–H groups in total. The van der Waals surface area contributed by atoms with Gasteiger partial charge in [-0.25, -0.2) is 0 Å². The normalized spacial score (nSPS) is 12.5. The molecule has 0 bridgehead atoms. The summed E-state index contributed by atoms with van der Waals surface area (Å²) in [5, 5.41) is 42.1. The van der Waals surface area contributed by atoms with Crippen LogP contribution in [0, 0.1) is 0 Å². The lowest BCUT2D eigenvalue weighted by molar-refractivity contribution is 0.426. The maximum Gasteiger partial charge on any atom is 0.488 e. The molecule has 1 aliphatic rings. The second-order valence-electron chi connectivity index (χ2n) is 35.9. The summed E-state index contributed by atoms with van der Waals surface area (Å²) < 4.78 is 69.9. The van der Waals surface area contributed by atoms with Crippen LogP contribution < -0.4 is 5.46 Å². The first-order valence-electron chi connectivity index (χ1n) is 45.2. The summed E-state index contributed by atoms with van der Waals surface area (Å²) in [6.45, 7) is 0. The van der Waals surface area contributed by atoms with Crippen molar-refractivity contribution in [1.82, 2.24) is 0 Å². The molecule has 0 saturated heterocycles. The number of benzene rings is 20. The Bertz CT molecular complexity index is 10700. The largest absolute Gasteiger partial charge is 0.488 e. The molecule has 20 aromatic carbocycles. The molecule has 11 aromatic heterocycles. The zero-order valence-electron chi connectivity index (χ0n) is 71.7. The third-order valence-electron chi connectivity index (χ3n) is 28.1. The fourth-order valence-corrected chi connectivity index (χ4v) is 21.8. The summed E-state index contributed by atoms with van der Waals surface area (Å²) in [6, 6.07) is 125. The Morgan fingerprint density at radius 3 is 0.669 bits per heavy atom. The third kappa shape index (κ3) is 11.6. The first kappa shape index (κ1) is 75.3. The zero-order valence-corrected chi connectivity index (χ0v) is 73.3. The topological polar surface area (TPSA) is 185 Å². The summed E-state index contributed by atoms with van der Waals surface area (Å²) in [7, 11) is -1.54. The lowest BCUT2D eigenvalue weighted by atomic mass is 9.80. The van der Waals surface area contributed by atoms with Gasteiger partial charge in [-0.15, -0.1) is 0 Å². The molecule has 31 aromatic rings. The predicted molar refractivity (Wildman–Crippen MR) is 552 cm³/mol. The molecule has 136 heavy (non-hydrogen) atoms. The van der Waals surface area contributed by atoms with Crippen molar-refractivity contribution in [2.24, 2.45) is 0 Å². The molecule has 636 valence electrons. The molecule has 0 aliphatic heterocycles. The van der Waals surface area contributed by atoms with Crippen LogP contribution in [0.25, 0.3) is 308 Å². The van der Waals surface area contributed by atoms with E-state index in [9.17, 15) is 10.0 Å². The van der Waals surface area contributed by atoms with Gasteiger partial charge in [0, 0.05) is 123 Å². The maximum absolute atomic E-state index is 9.58. The summed E-state index contributed by atoms with van der Waals surface area (Å²) >= 11 is 3.57. The van der Waals surface area contributed by atoms with Crippen molar-refractivity contribution in [2.45, 2.75) is 6.42 Å². The minimum absolute atomic E-state index is 0.418. The summed E-state index contributed by atoms with van der Waals surface area (Å²) in [5.74, 6) is 0. The van der Waals surface area contributed by atoms with E-state index in [-0.39, 0.29) is 0 Å². The van der Waals surface area contributed by atoms with E-state index in [0.29, 0.717) is 11.0 Å². The fourth-order valence-electron chi connectivity index (χ4n) is 21.4. The molecule has 0 unspecified atom stereocenters. The average Bonchev–Trinajstić information content (AvgIpc) is 1.56. The zero-order chi connectivity index (χ0) is 89.1. The van der Waals surface area contributed by atoms with Gasteiger partial charge in [-0.1, -0.05) is 174 Å². The van der Waals surface area contributed by atoms with Crippen molar-refractivity contribution >= 4 is 270 Å². The number of rotatable bonds is 6. The molecule has 32 rings (SSSR count). The van der Waals surface area contributed by atoms with Crippen LogP contribution in [0.15, 0.2) is 417 Å². The van der Waals surface area contributed by atoms with Crippen molar-refractivity contribution in [2.75, 3.05) is 0 Å². The predicted octanol–water partition coefficient (Wildman–Crippen LogP) is 34.3. The van der Waals surface area contributed by atoms with Gasteiger partial charge in [-0.3, -0.25) is 0 Å². The van der Waals surface area contributed by atoms with E-state index in [1.165, 1.54) is 33.4 Å². The third-order valence-corrected chi connectivity index (χ3v) is 28.6. The SMILES string of the molecule is Brc1ccc2oc3cc4c(cc3c2c1)oc1ccc(-c2ccc3oc5ccccc5c3c2)cc14.OB(O)c1ccc2oc3cc4c(cc3c2c1)oc1ccc(-c2ccc3oc5ccccc5c3c2)cc14.c1ccc2c(c1)Cc1ccc(-c3ccc4oc5cc6c(cc5c4c3)oc3ccc(-c4ccc5oc7cc8c(cc7c5c4)oc4ccc(-c5ccc7oc9ccccc9c7c5)cc48)cc36)cc1-2. The molecule has 0 saturated carbocycles. The van der Waals surface area contributed by atoms with Gasteiger partial charge in [0.2, 0.25) is 0 Å². The van der Waals surface area contributed by atoms with E-state index >= 15 is 0 Å². The van der Waals surface area contributed by atoms with E-state index in [4.69, 9.17) is 48.6 Å². The molecule has 0 radical (unpaired) electrons. The Morgan fingerprint density at radius 1 is 0.162 bits per heavy atom. The standard InChI is InChI=1S/C61H32O5.C30H17BO5.C30H15BrO3/c1-2-6-40-38(5-1)21-39-10-9-32(22-42(39)40)34-12-17-54-44(24-34)48-28-59-50(30-58(48)63-54)46-26-36(14-19-56(46)65-59)37-15-20-57-47(27-37)51-31-60-49(29-61(51)66-57)45-25-35(13-18-55(45)64-60)33-11-16-53-43(23-33)41-7-3-4-8-52(41)62-53;32-31(33)18-7-10-28-22(13-18)24-15-29-23(14-30(24)36-28)21-12-17(6-9-27(21)35-29)16-5-8-26-20(11-16)19-3-1-2-4-25(19)34-26;31-18-7-10-28-22(13-18)24-15-29-23(14-30(24)34-28)21-12-17(6-9-27(21)33-29)16-5-8-26-20(11-16)19-3-1-2-4-25(19)32-26/h1-20,22-31H,21H2;1-15,32-33H;1-15H. The summed E-state index contributed by atoms with van der Waals surface area (Å²) in [4.78, 5) is 0. The summed E-state index contributed by atoms with van der Waals surface area (Å²) in [6.07, 6.45) is 0.989. The lowest BCUT2D eigenvalue weighted by Crippen LogP contribution is -2.29. The average molecular weight is 1820 g/mol. The molecule has 15 heteroatoms. The second kappa shape index (κ2) is 28.4. The number of halogens is 1. The molecule has 0 atom stereocenters. The van der Waals surface area contributed by atoms with Gasteiger partial charge < -0.3 is 58.6 Å². The van der Waals surface area contributed by atoms with E-state index < -0.39 is 7.12 Å². The lowest BCUT2D eigenvalue weighted by Gasteiger charge is -2.06. The van der Waals surface area contributed by atoms with E-state index in [2.05, 4.69) is 277 Å². The molecule has 0 fully saturated rings. The van der Waals surface area contributed by atoms with Crippen molar-refractivity contribution in [3.63, 3.8) is 0 Å². The molecular weight excluding hydrogens is 1750 g/mol. The first-order chi connectivity index (χ1) is 66.9. The number of para-hydroxylation sites is 3. The molecule has 0 amide bonds. The van der Waals surface area contributed by atoms with Gasteiger partial charge in [0.1, 0.15) is 123 Å². The number of hydrogen-bond donors (Lipinski definition) is 2. The van der Waals surface area contributed by atoms with Gasteiger partial charge in [0.25, 0.3) is 0 Å². The number of furan rings is 11. The highest BCUT2D eigenvalue weighted by Gasteiger charge is 2.26. The molecule has 13 nitrogen and oxygen atoms in total. The van der Waals surface area contributed by atoms with Gasteiger partial charge >= 0.3 is 7.12 Å². The smallest absolute Gasteiger partial charge is 0.456 e. The van der Waals surface area contributed by atoms with E-state index in [1.807, 2.05) is 84.9 Å². The minimum atomic E-state index is -1.54. The van der Waals surface area contributed by atoms with Crippen LogP contribution in [0.5, 0.6) is 0 Å². The van der Waals surface area contributed by atoms with Crippen molar-refractivity contribution < 1.29 is 58.6 Å². The summed E-state index contributed by atoms with van der Waals surface area (Å²) in [5.41, 5.74) is 35.6. The van der Waals surface area contributed by atoms with Crippen LogP contribution >= 0.6 is 15.9 Å². The Labute approximate surface area is 775 Å². The van der Waals surface area contributed by atoms with Crippen molar-refractivity contribution in [1.29, 1.82) is 0 Å². The van der Waals surface area contributed by atoms with Gasteiger partial charge in [0.15, 0.2) is 0 Å². The van der Waals surface area contributed by atoms with Crippen LogP contribution in [0.4, 0.5) is 0 Å². The Balaban J connectivity index is 0.000000106. The Kier molecular flexibility index (Phi) is 15.7. The van der Waals surface area contributed by atoms with Gasteiger partial charge in [0.05, 0.1) is 0 Å². The molecule has 0 spiro atoms. The van der Waals surface area contributed by atoms with Crippen LogP contribution in [-0.2, 0) is 6.42 Å². The highest BCUT2D eigenvalue weighted by atomic mass is 79.9. The molecule has 11 heterocycles. The maximum atomic E-state index is 9.58. The minimum Gasteiger partial charge on any atom is -0.456 e. The van der Waals surface area contributed by atoms with Crippen LogP contribution in [0.1, 0.15) is 11.1 Å². The monoisotopic (exact) mass is 1810 g/mol. The second-order valence-corrected chi connectivity index (χ2v) is 36.8. The number of hydrogen-bond acceptors (Lipinski definition) is 13. The van der Waals surface area contributed by atoms with Gasteiger partial charge in [-0.2, -0.15) is 0 Å².